The lowest BCUT2D eigenvalue weighted by atomic mass is 12.9. The summed E-state index contributed by atoms with van der Waals surface area (Å²) in [6.45, 7) is 0. The van der Waals surface area contributed by atoms with Crippen molar-refractivity contribution in [1.29, 1.82) is 0 Å². The highest BCUT2D eigenvalue weighted by Gasteiger charge is 2.21. The second kappa shape index (κ2) is 3.44. The minimum absolute atomic E-state index is 0.397. The second-order valence-corrected chi connectivity index (χ2v) is 6.02. The first-order chi connectivity index (χ1) is 4.22. The summed E-state index contributed by atoms with van der Waals surface area (Å²) in [4.78, 5) is 3.01. The van der Waals surface area contributed by atoms with Gasteiger partial charge in [0.15, 0.2) is 8.37 Å². The maximum Gasteiger partial charge on any atom is 0.152 e. The van der Waals surface area contributed by atoms with Gasteiger partial charge in [-0.3, -0.25) is 22.0 Å². The Balaban J connectivity index is 2.41. The number of hydrazine groups is 2. The zero-order valence-corrected chi connectivity index (χ0v) is 7.47. The topological polar surface area (TPSA) is 96.6 Å². The first kappa shape index (κ1) is 8.15. The van der Waals surface area contributed by atoms with Gasteiger partial charge in [-0.2, -0.15) is 9.10 Å². The lowest BCUT2D eigenvalue weighted by Gasteiger charge is -2.34. The van der Waals surface area contributed by atoms with Crippen LogP contribution in [-0.4, -0.2) is 9.10 Å². The minimum Gasteiger partial charge on any atom is -0.282 e. The third-order valence-corrected chi connectivity index (χ3v) is 4.85. The van der Waals surface area contributed by atoms with Crippen molar-refractivity contribution < 1.29 is 0 Å². The molecule has 9 heteroatoms. The van der Waals surface area contributed by atoms with Gasteiger partial charge in [-0.15, -0.1) is 0 Å². The van der Waals surface area contributed by atoms with Crippen LogP contribution in [0, 0.1) is 0 Å². The van der Waals surface area contributed by atoms with Crippen LogP contribution < -0.4 is 22.0 Å². The molecule has 1 aliphatic rings. The van der Waals surface area contributed by atoms with E-state index < -0.39 is 8.37 Å². The summed E-state index contributed by atoms with van der Waals surface area (Å²) in [7, 11) is -0.135. The van der Waals surface area contributed by atoms with Gasteiger partial charge in [0.1, 0.15) is 0 Å². The van der Waals surface area contributed by atoms with Crippen LogP contribution in [0.4, 0.5) is 0 Å². The van der Waals surface area contributed by atoms with E-state index in [1.54, 1.807) is 0 Å². The SMILES string of the molecule is NN1PNPN(N)P1N. The summed E-state index contributed by atoms with van der Waals surface area (Å²) in [6, 6.07) is 0. The zero-order valence-electron chi connectivity index (χ0n) is 4.57. The normalized spacial score (nSPS) is 38.3. The van der Waals surface area contributed by atoms with Crippen LogP contribution in [0.15, 0.2) is 0 Å². The molecule has 54 valence electrons. The van der Waals surface area contributed by atoms with Gasteiger partial charge < -0.3 is 0 Å². The first-order valence-corrected chi connectivity index (χ1v) is 5.33. The highest BCUT2D eigenvalue weighted by Crippen LogP contribution is 2.48. The van der Waals surface area contributed by atoms with Gasteiger partial charge in [0.25, 0.3) is 0 Å². The highest BCUT2D eigenvalue weighted by molar-refractivity contribution is 7.71. The van der Waals surface area contributed by atoms with E-state index in [-0.39, 0.29) is 0 Å². The molecular weight excluding hydrogens is 177 g/mol. The second-order valence-electron chi connectivity index (χ2n) is 1.36. The van der Waals surface area contributed by atoms with Gasteiger partial charge in [-0.25, -0.2) is 0 Å². The van der Waals surface area contributed by atoms with Crippen molar-refractivity contribution in [2.45, 2.75) is 0 Å². The van der Waals surface area contributed by atoms with Gasteiger partial charge in [-0.1, -0.05) is 0 Å². The summed E-state index contributed by atoms with van der Waals surface area (Å²) in [5.74, 6) is 10.9. The third kappa shape index (κ3) is 1.99. The first-order valence-electron chi connectivity index (χ1n) is 2.12. The molecule has 1 aliphatic heterocycles. The predicted octanol–water partition coefficient (Wildman–Crippen LogP) is -0.856. The molecule has 7 N–H and O–H groups in total. The lowest BCUT2D eigenvalue weighted by molar-refractivity contribution is 0.659. The Labute approximate surface area is 58.1 Å². The van der Waals surface area contributed by atoms with Crippen molar-refractivity contribution in [3.63, 3.8) is 0 Å². The summed E-state index contributed by atoms with van der Waals surface area (Å²) in [5.41, 5.74) is 5.56. The number of hydrogen-bond acceptors (Lipinski definition) is 6. The molecular formula is H9N6P3. The number of hydrogen-bond donors (Lipinski definition) is 4. The van der Waals surface area contributed by atoms with Gasteiger partial charge in [-0.05, 0) is 0 Å². The summed E-state index contributed by atoms with van der Waals surface area (Å²) in [6.07, 6.45) is 0. The molecule has 0 spiro atoms. The smallest absolute Gasteiger partial charge is 0.152 e. The van der Waals surface area contributed by atoms with Crippen LogP contribution in [0.1, 0.15) is 0 Å². The lowest BCUT2D eigenvalue weighted by Crippen LogP contribution is -2.36. The molecule has 0 aromatic rings. The Morgan fingerprint density at radius 1 is 1.22 bits per heavy atom. The molecule has 1 heterocycles. The average Bonchev–Trinajstić information content (AvgIpc) is 1.83. The monoisotopic (exact) mass is 186 g/mol. The van der Waals surface area contributed by atoms with Crippen molar-refractivity contribution >= 4 is 26.1 Å². The molecule has 0 aliphatic carbocycles. The average molecular weight is 186 g/mol. The fourth-order valence-electron chi connectivity index (χ4n) is 0.346. The Kier molecular flexibility index (Phi) is 3.12. The number of rotatable bonds is 0. The molecule has 2 unspecified atom stereocenters. The van der Waals surface area contributed by atoms with Crippen LogP contribution in [0.3, 0.4) is 0 Å². The van der Waals surface area contributed by atoms with E-state index in [1.807, 2.05) is 0 Å². The van der Waals surface area contributed by atoms with Gasteiger partial charge in [0, 0.05) is 17.8 Å². The van der Waals surface area contributed by atoms with Crippen LogP contribution in [0.25, 0.3) is 0 Å². The molecule has 0 bridgehead atoms. The molecule has 0 amide bonds. The zero-order chi connectivity index (χ0) is 6.85. The van der Waals surface area contributed by atoms with Crippen LogP contribution in [0.5, 0.6) is 0 Å². The molecule has 0 saturated carbocycles. The molecule has 2 atom stereocenters. The van der Waals surface area contributed by atoms with E-state index >= 15 is 0 Å². The van der Waals surface area contributed by atoms with E-state index in [1.165, 1.54) is 9.10 Å². The number of nitrogens with zero attached hydrogens (tertiary/aromatic N) is 2. The van der Waals surface area contributed by atoms with E-state index in [0.717, 1.165) is 0 Å². The molecule has 1 rings (SSSR count). The maximum absolute atomic E-state index is 5.56. The van der Waals surface area contributed by atoms with Crippen molar-refractivity contribution in [3.8, 4) is 0 Å². The Bertz CT molecular complexity index is 84.3. The molecule has 0 aromatic heterocycles. The van der Waals surface area contributed by atoms with Crippen molar-refractivity contribution in [2.75, 3.05) is 0 Å². The van der Waals surface area contributed by atoms with Crippen LogP contribution >= 0.6 is 26.1 Å². The molecule has 9 heavy (non-hydrogen) atoms. The van der Waals surface area contributed by atoms with E-state index in [0.29, 0.717) is 17.8 Å². The Morgan fingerprint density at radius 2 is 1.67 bits per heavy atom. The van der Waals surface area contributed by atoms with Gasteiger partial charge in [0.2, 0.25) is 0 Å². The van der Waals surface area contributed by atoms with Gasteiger partial charge >= 0.3 is 0 Å². The van der Waals surface area contributed by atoms with E-state index in [4.69, 9.17) is 17.2 Å². The molecule has 0 aromatic carbocycles. The maximum atomic E-state index is 5.56. The largest absolute Gasteiger partial charge is 0.282 e. The van der Waals surface area contributed by atoms with E-state index in [9.17, 15) is 0 Å². The van der Waals surface area contributed by atoms with Crippen molar-refractivity contribution in [3.05, 3.63) is 0 Å². The fraction of sp³-hybridized carbons (Fsp3) is 0. The van der Waals surface area contributed by atoms with Crippen molar-refractivity contribution in [2.24, 2.45) is 17.2 Å². The van der Waals surface area contributed by atoms with Crippen LogP contribution in [0.2, 0.25) is 0 Å². The molecule has 1 saturated heterocycles. The number of nitrogens with two attached hydrogens (primary N) is 3. The summed E-state index contributed by atoms with van der Waals surface area (Å²) < 4.78 is 3.04. The molecule has 6 nitrogen and oxygen atoms in total. The summed E-state index contributed by atoms with van der Waals surface area (Å²) in [5, 5.41) is 0. The standard InChI is InChI=1S/H9N6P3/c1-5-7-4-8-6(2)9(5)3/h4,7-8H,1-3H2. The van der Waals surface area contributed by atoms with E-state index in [2.05, 4.69) is 4.86 Å². The van der Waals surface area contributed by atoms with Crippen LogP contribution in [-0.2, 0) is 0 Å². The minimum atomic E-state index is -0.930. The fourth-order valence-corrected chi connectivity index (χ4v) is 4.24. The predicted molar refractivity (Wildman–Crippen MR) is 42.9 cm³/mol. The third-order valence-electron chi connectivity index (χ3n) is 0.782. The van der Waals surface area contributed by atoms with Crippen molar-refractivity contribution in [1.82, 2.24) is 14.0 Å². The molecule has 1 fully saturated rings. The van der Waals surface area contributed by atoms with Gasteiger partial charge in [0.05, 0.1) is 0 Å². The summed E-state index contributed by atoms with van der Waals surface area (Å²) >= 11 is 0. The Morgan fingerprint density at radius 3 is 2.00 bits per heavy atom. The Hall–Kier alpha value is 1.05. The number of nitrogens with one attached hydrogen (secondary N) is 1. The highest BCUT2D eigenvalue weighted by atomic mass is 31.2. The molecule has 0 radical (unpaired) electrons. The quantitative estimate of drug-likeness (QED) is 0.290.